The summed E-state index contributed by atoms with van der Waals surface area (Å²) >= 11 is 0. The molecule has 0 bridgehead atoms. The van der Waals surface area contributed by atoms with Crippen LogP contribution in [-0.4, -0.2) is 31.7 Å². The molecule has 1 aliphatic heterocycles. The second-order valence-electron chi connectivity index (χ2n) is 7.95. The van der Waals surface area contributed by atoms with Crippen LogP contribution in [0.4, 0.5) is 5.69 Å². The highest BCUT2D eigenvalue weighted by Crippen LogP contribution is 2.36. The molecular formula is C22H33N3O2. The number of anilines is 1. The van der Waals surface area contributed by atoms with Gasteiger partial charge in [0.25, 0.3) is 0 Å². The van der Waals surface area contributed by atoms with Crippen molar-refractivity contribution >= 4 is 22.7 Å². The summed E-state index contributed by atoms with van der Waals surface area (Å²) in [7, 11) is 2.00. The van der Waals surface area contributed by atoms with Crippen LogP contribution in [0.2, 0.25) is 0 Å². The second-order valence-corrected chi connectivity index (χ2v) is 7.95. The lowest BCUT2D eigenvalue weighted by atomic mass is 9.88. The molecule has 0 fully saturated rings. The van der Waals surface area contributed by atoms with Crippen LogP contribution in [0.3, 0.4) is 0 Å². The summed E-state index contributed by atoms with van der Waals surface area (Å²) < 4.78 is 5.42. The number of hydrogen-bond donors (Lipinski definition) is 1. The van der Waals surface area contributed by atoms with Crippen molar-refractivity contribution in [1.82, 2.24) is 10.3 Å². The molecule has 0 atom stereocenters. The van der Waals surface area contributed by atoms with Crippen molar-refractivity contribution in [2.45, 2.75) is 52.9 Å². The molecule has 1 aromatic carbocycles. The van der Waals surface area contributed by atoms with Crippen LogP contribution in [0.1, 0.15) is 58.7 Å². The minimum atomic E-state index is -0.529. The third kappa shape index (κ3) is 5.19. The van der Waals surface area contributed by atoms with E-state index < -0.39 is 5.76 Å². The van der Waals surface area contributed by atoms with E-state index in [0.717, 1.165) is 35.4 Å². The maximum absolute atomic E-state index is 11.8. The number of fused-ring (bicyclic) bond motifs is 3. The van der Waals surface area contributed by atoms with Crippen molar-refractivity contribution in [1.29, 1.82) is 0 Å². The van der Waals surface area contributed by atoms with Crippen molar-refractivity contribution in [3.63, 3.8) is 0 Å². The fourth-order valence-electron chi connectivity index (χ4n) is 3.15. The maximum Gasteiger partial charge on any atom is 0.439 e. The molecule has 3 rings (SSSR count). The summed E-state index contributed by atoms with van der Waals surface area (Å²) in [5.74, 6) is -0.529. The third-order valence-corrected chi connectivity index (χ3v) is 4.54. The fourth-order valence-corrected chi connectivity index (χ4v) is 3.15. The van der Waals surface area contributed by atoms with Gasteiger partial charge in [-0.15, -0.1) is 0 Å². The number of unbranched alkanes of at least 4 members (excludes halogenated alkanes) is 1. The summed E-state index contributed by atoms with van der Waals surface area (Å²) in [6.07, 6.45) is 6.77. The van der Waals surface area contributed by atoms with Crippen LogP contribution in [0.5, 0.6) is 0 Å². The number of hydrogen-bond acceptors (Lipinski definition) is 5. The standard InChI is InChI=1S/C16H18N2O2.C6H15N/c1-16(2,3)14-11-8-7-10-6-5-9-18(4)12(10)13(11)20-15(19)17-14;1-3-5-6-7-4-2/h5-8H,9H2,1-4H3;7H,3-6H2,1-2H3. The quantitative estimate of drug-likeness (QED) is 0.810. The first kappa shape index (κ1) is 21.2. The monoisotopic (exact) mass is 371 g/mol. The van der Waals surface area contributed by atoms with E-state index in [1.165, 1.54) is 19.4 Å². The third-order valence-electron chi connectivity index (χ3n) is 4.54. The van der Waals surface area contributed by atoms with Gasteiger partial charge in [0.1, 0.15) is 0 Å². The Labute approximate surface area is 162 Å². The van der Waals surface area contributed by atoms with Gasteiger partial charge in [0.15, 0.2) is 5.58 Å². The predicted molar refractivity (Wildman–Crippen MR) is 115 cm³/mol. The van der Waals surface area contributed by atoms with Gasteiger partial charge in [-0.3, -0.25) is 0 Å². The highest BCUT2D eigenvalue weighted by Gasteiger charge is 2.24. The van der Waals surface area contributed by atoms with E-state index in [2.05, 4.69) is 68.0 Å². The van der Waals surface area contributed by atoms with E-state index >= 15 is 0 Å². The predicted octanol–water partition coefficient (Wildman–Crippen LogP) is 4.34. The van der Waals surface area contributed by atoms with E-state index in [-0.39, 0.29) is 5.41 Å². The van der Waals surface area contributed by atoms with Crippen molar-refractivity contribution in [3.8, 4) is 0 Å². The Balaban J connectivity index is 0.000000321. The van der Waals surface area contributed by atoms with Gasteiger partial charge in [-0.1, -0.05) is 59.3 Å². The van der Waals surface area contributed by atoms with Gasteiger partial charge in [0, 0.05) is 30.0 Å². The Morgan fingerprint density at radius 2 is 2.00 bits per heavy atom. The maximum atomic E-state index is 11.8. The topological polar surface area (TPSA) is 58.4 Å². The molecule has 2 aromatic rings. The Morgan fingerprint density at radius 3 is 2.63 bits per heavy atom. The minimum absolute atomic E-state index is 0.203. The minimum Gasteiger partial charge on any atom is -0.406 e. The first-order valence-corrected chi connectivity index (χ1v) is 9.86. The molecule has 148 valence electrons. The number of rotatable bonds is 4. The highest BCUT2D eigenvalue weighted by molar-refractivity contribution is 5.96. The van der Waals surface area contributed by atoms with Gasteiger partial charge >= 0.3 is 5.76 Å². The second kappa shape index (κ2) is 9.18. The normalized spacial score (nSPS) is 13.3. The zero-order valence-corrected chi connectivity index (χ0v) is 17.6. The molecule has 0 unspecified atom stereocenters. The van der Waals surface area contributed by atoms with Gasteiger partial charge in [-0.25, -0.2) is 4.79 Å². The SMILES string of the molecule is CCCCNCC.CN1CC=Cc2ccc3c(C(C)(C)C)nc(=O)oc3c21. The lowest BCUT2D eigenvalue weighted by Gasteiger charge is -2.26. The summed E-state index contributed by atoms with van der Waals surface area (Å²) in [5.41, 5.74) is 3.26. The van der Waals surface area contributed by atoms with Crippen LogP contribution >= 0.6 is 0 Å². The van der Waals surface area contributed by atoms with Crippen LogP contribution < -0.4 is 16.0 Å². The zero-order valence-electron chi connectivity index (χ0n) is 17.6. The number of benzene rings is 1. The fraction of sp³-hybridized carbons (Fsp3) is 0.545. The van der Waals surface area contributed by atoms with E-state index in [4.69, 9.17) is 4.42 Å². The Kier molecular flexibility index (Phi) is 7.19. The van der Waals surface area contributed by atoms with E-state index in [9.17, 15) is 4.79 Å². The molecule has 0 spiro atoms. The van der Waals surface area contributed by atoms with Crippen molar-refractivity contribution in [3.05, 3.63) is 40.0 Å². The summed E-state index contributed by atoms with van der Waals surface area (Å²) in [5, 5.41) is 4.16. The Bertz CT molecular complexity index is 843. The smallest absolute Gasteiger partial charge is 0.406 e. The lowest BCUT2D eigenvalue weighted by Crippen LogP contribution is -2.23. The molecule has 1 aromatic heterocycles. The molecule has 2 heterocycles. The molecule has 1 aliphatic rings. The average Bonchev–Trinajstić information content (AvgIpc) is 2.61. The zero-order chi connectivity index (χ0) is 20.0. The molecule has 27 heavy (non-hydrogen) atoms. The molecule has 0 radical (unpaired) electrons. The van der Waals surface area contributed by atoms with Crippen molar-refractivity contribution in [2.24, 2.45) is 0 Å². The van der Waals surface area contributed by atoms with Crippen LogP contribution in [0.25, 0.3) is 17.0 Å². The first-order chi connectivity index (χ1) is 12.8. The molecule has 0 saturated heterocycles. The number of likely N-dealkylation sites (N-methyl/N-ethyl adjacent to an activating group) is 1. The van der Waals surface area contributed by atoms with Crippen LogP contribution in [0, 0.1) is 0 Å². The highest BCUT2D eigenvalue weighted by atomic mass is 16.4. The van der Waals surface area contributed by atoms with Crippen molar-refractivity contribution < 1.29 is 4.42 Å². The molecule has 0 amide bonds. The van der Waals surface area contributed by atoms with Crippen LogP contribution in [-0.2, 0) is 5.41 Å². The largest absolute Gasteiger partial charge is 0.439 e. The molecular weight excluding hydrogens is 338 g/mol. The number of nitrogens with one attached hydrogen (secondary N) is 1. The molecule has 5 heteroatoms. The van der Waals surface area contributed by atoms with E-state index in [1.807, 2.05) is 13.1 Å². The van der Waals surface area contributed by atoms with Gasteiger partial charge in [-0.05, 0) is 25.6 Å². The number of aromatic nitrogens is 1. The molecule has 0 saturated carbocycles. The molecule has 5 nitrogen and oxygen atoms in total. The molecule has 1 N–H and O–H groups in total. The van der Waals surface area contributed by atoms with Gasteiger partial charge < -0.3 is 14.6 Å². The van der Waals surface area contributed by atoms with Crippen LogP contribution in [0.15, 0.2) is 27.4 Å². The average molecular weight is 372 g/mol. The summed E-state index contributed by atoms with van der Waals surface area (Å²) in [4.78, 5) is 18.0. The first-order valence-electron chi connectivity index (χ1n) is 9.86. The van der Waals surface area contributed by atoms with E-state index in [1.54, 1.807) is 0 Å². The van der Waals surface area contributed by atoms with Gasteiger partial charge in [0.05, 0.1) is 11.4 Å². The Morgan fingerprint density at radius 1 is 1.26 bits per heavy atom. The lowest BCUT2D eigenvalue weighted by molar-refractivity contribution is 0.498. The summed E-state index contributed by atoms with van der Waals surface area (Å²) in [6.45, 7) is 13.6. The number of nitrogens with zero attached hydrogens (tertiary/aromatic N) is 2. The molecule has 0 aliphatic carbocycles. The van der Waals surface area contributed by atoms with Gasteiger partial charge in [0.2, 0.25) is 0 Å². The van der Waals surface area contributed by atoms with Crippen molar-refractivity contribution in [2.75, 3.05) is 31.6 Å². The Hall–Kier alpha value is -2.14. The van der Waals surface area contributed by atoms with E-state index in [0.29, 0.717) is 5.58 Å². The summed E-state index contributed by atoms with van der Waals surface area (Å²) in [6, 6.07) is 4.05. The van der Waals surface area contributed by atoms with Gasteiger partial charge in [-0.2, -0.15) is 4.98 Å².